The summed E-state index contributed by atoms with van der Waals surface area (Å²) in [6, 6.07) is -1.56. The number of rotatable bonds is 39. The maximum atomic E-state index is 12.3. The fourth-order valence-corrected chi connectivity index (χ4v) is 6.25. The second-order valence-corrected chi connectivity index (χ2v) is 15.6. The SMILES string of the molecule is CC/C=C\C/C=C\C/C=C\CCCCCCCC(=O)NC(COP(=O)(O)OCC(O)COC(=O)CCCCCCCCC/C=C\C/C=C\CCCCC)C(=O)O. The minimum Gasteiger partial charge on any atom is -0.480 e. The molecule has 0 aliphatic heterocycles. The molecule has 0 spiro atoms. The van der Waals surface area contributed by atoms with E-state index in [9.17, 15) is 34.1 Å². The van der Waals surface area contributed by atoms with Crippen LogP contribution in [0.15, 0.2) is 60.8 Å². The number of carbonyl (C=O) groups is 3. The van der Waals surface area contributed by atoms with Gasteiger partial charge in [0.1, 0.15) is 12.7 Å². The van der Waals surface area contributed by atoms with E-state index in [1.54, 1.807) is 0 Å². The van der Waals surface area contributed by atoms with Crippen LogP contribution in [0.1, 0.15) is 168 Å². The number of amides is 1. The van der Waals surface area contributed by atoms with Crippen LogP contribution in [0.5, 0.6) is 0 Å². The first-order valence-corrected chi connectivity index (χ1v) is 22.8. The van der Waals surface area contributed by atoms with Crippen molar-refractivity contribution in [1.82, 2.24) is 5.32 Å². The third kappa shape index (κ3) is 38.1. The van der Waals surface area contributed by atoms with Gasteiger partial charge in [-0.1, -0.05) is 139 Å². The number of carboxylic acid groups (broad SMARTS) is 1. The summed E-state index contributed by atoms with van der Waals surface area (Å²) in [5.74, 6) is -2.41. The lowest BCUT2D eigenvalue weighted by Gasteiger charge is -2.18. The highest BCUT2D eigenvalue weighted by molar-refractivity contribution is 7.47. The van der Waals surface area contributed by atoms with Gasteiger partial charge in [-0.15, -0.1) is 0 Å². The van der Waals surface area contributed by atoms with Crippen LogP contribution < -0.4 is 5.32 Å². The van der Waals surface area contributed by atoms with Gasteiger partial charge in [0.15, 0.2) is 6.04 Å². The molecule has 0 fully saturated rings. The number of unbranched alkanes of at least 4 members (excludes halogenated alkanes) is 15. The Kier molecular flexibility index (Phi) is 37.1. The Bertz CT molecular complexity index is 1180. The van der Waals surface area contributed by atoms with Crippen molar-refractivity contribution in [2.45, 2.75) is 180 Å². The number of allylic oxidation sites excluding steroid dienone is 10. The van der Waals surface area contributed by atoms with Gasteiger partial charge in [-0.25, -0.2) is 9.36 Å². The number of aliphatic hydroxyl groups excluding tert-OH is 1. The minimum atomic E-state index is -4.76. The van der Waals surface area contributed by atoms with E-state index in [0.717, 1.165) is 83.5 Å². The Balaban J connectivity index is 3.95. The second kappa shape index (κ2) is 39.0. The van der Waals surface area contributed by atoms with Crippen LogP contribution in [0.3, 0.4) is 0 Å². The van der Waals surface area contributed by atoms with E-state index in [4.69, 9.17) is 13.8 Å². The summed E-state index contributed by atoms with van der Waals surface area (Å²) in [6.07, 6.45) is 43.8. The molecule has 56 heavy (non-hydrogen) atoms. The molecule has 0 aromatic heterocycles. The van der Waals surface area contributed by atoms with Crippen LogP contribution in [0, 0.1) is 0 Å². The van der Waals surface area contributed by atoms with Crippen LogP contribution in [-0.4, -0.2) is 64.9 Å². The zero-order valence-corrected chi connectivity index (χ0v) is 35.6. The van der Waals surface area contributed by atoms with Gasteiger partial charge in [0.2, 0.25) is 5.91 Å². The number of carbonyl (C=O) groups excluding carboxylic acids is 2. The molecule has 0 saturated carbocycles. The van der Waals surface area contributed by atoms with Gasteiger partial charge in [0.25, 0.3) is 0 Å². The Morgan fingerprint density at radius 1 is 0.589 bits per heavy atom. The number of phosphoric acid groups is 1. The van der Waals surface area contributed by atoms with Crippen molar-refractivity contribution in [3.8, 4) is 0 Å². The lowest BCUT2D eigenvalue weighted by molar-refractivity contribution is -0.147. The van der Waals surface area contributed by atoms with E-state index in [2.05, 4.69) is 79.9 Å². The second-order valence-electron chi connectivity index (χ2n) is 14.1. The number of aliphatic carboxylic acids is 1. The first kappa shape index (κ1) is 53.2. The van der Waals surface area contributed by atoms with Gasteiger partial charge >= 0.3 is 19.8 Å². The molecule has 0 heterocycles. The monoisotopic (exact) mass is 810 g/mol. The van der Waals surface area contributed by atoms with Gasteiger partial charge in [-0.2, -0.15) is 0 Å². The van der Waals surface area contributed by atoms with Crippen LogP contribution in [0.25, 0.3) is 0 Å². The number of hydrogen-bond acceptors (Lipinski definition) is 8. The molecule has 0 aliphatic carbocycles. The molecule has 0 saturated heterocycles. The van der Waals surface area contributed by atoms with Crippen LogP contribution >= 0.6 is 7.82 Å². The highest BCUT2D eigenvalue weighted by Crippen LogP contribution is 2.43. The third-order valence-electron chi connectivity index (χ3n) is 8.79. The topological polar surface area (TPSA) is 169 Å². The molecule has 11 nitrogen and oxygen atoms in total. The first-order valence-electron chi connectivity index (χ1n) is 21.3. The molecular weight excluding hydrogens is 733 g/mol. The fourth-order valence-electron chi connectivity index (χ4n) is 5.48. The van der Waals surface area contributed by atoms with Crippen molar-refractivity contribution in [3.63, 3.8) is 0 Å². The molecule has 3 unspecified atom stereocenters. The van der Waals surface area contributed by atoms with E-state index in [-0.39, 0.29) is 12.8 Å². The van der Waals surface area contributed by atoms with E-state index < -0.39 is 57.6 Å². The molecule has 1 amide bonds. The summed E-state index contributed by atoms with van der Waals surface area (Å²) in [7, 11) is -4.76. The van der Waals surface area contributed by atoms with Crippen LogP contribution in [0.4, 0.5) is 0 Å². The standard InChI is InChI=1S/C44H76NO10P/c1-3-5-7-9-11-13-15-17-19-20-22-24-26-28-30-32-34-36-43(48)53-37-40(46)38-54-56(51,52)55-39-41(44(49)50)45-42(47)35-33-31-29-27-25-23-21-18-16-14-12-10-8-6-4-2/h6,8,11-14,17-19,21,40-41,46H,3-5,7,9-10,15-16,20,22-39H2,1-2H3,(H,45,47)(H,49,50)(H,51,52)/b8-6-,13-11-,14-12-,19-17-,21-18-. The Hall–Kier alpha value is -2.82. The lowest BCUT2D eigenvalue weighted by atomic mass is 10.1. The lowest BCUT2D eigenvalue weighted by Crippen LogP contribution is -2.43. The van der Waals surface area contributed by atoms with E-state index in [1.165, 1.54) is 44.9 Å². The van der Waals surface area contributed by atoms with Crippen molar-refractivity contribution in [1.29, 1.82) is 0 Å². The predicted molar refractivity (Wildman–Crippen MR) is 226 cm³/mol. The van der Waals surface area contributed by atoms with Crippen molar-refractivity contribution >= 4 is 25.7 Å². The van der Waals surface area contributed by atoms with Crippen molar-refractivity contribution in [3.05, 3.63) is 60.8 Å². The number of aliphatic hydroxyl groups is 1. The van der Waals surface area contributed by atoms with E-state index in [1.807, 2.05) is 0 Å². The summed E-state index contributed by atoms with van der Waals surface area (Å²) in [6.45, 7) is 2.42. The van der Waals surface area contributed by atoms with Gasteiger partial charge in [0.05, 0.1) is 13.2 Å². The maximum Gasteiger partial charge on any atom is 0.472 e. The Morgan fingerprint density at radius 2 is 1.04 bits per heavy atom. The summed E-state index contributed by atoms with van der Waals surface area (Å²) in [5, 5.41) is 21.8. The average Bonchev–Trinajstić information content (AvgIpc) is 3.17. The average molecular weight is 810 g/mol. The molecule has 3 atom stereocenters. The van der Waals surface area contributed by atoms with Crippen molar-refractivity contribution in [2.24, 2.45) is 0 Å². The Labute approximate surface area is 338 Å². The molecule has 0 aromatic rings. The number of ether oxygens (including phenoxy) is 1. The number of esters is 1. The van der Waals surface area contributed by atoms with Gasteiger partial charge in [-0.3, -0.25) is 18.6 Å². The van der Waals surface area contributed by atoms with Gasteiger partial charge < -0.3 is 25.2 Å². The molecule has 0 rings (SSSR count). The summed E-state index contributed by atoms with van der Waals surface area (Å²) < 4.78 is 26.8. The fraction of sp³-hybridized carbons (Fsp3) is 0.705. The summed E-state index contributed by atoms with van der Waals surface area (Å²) >= 11 is 0. The predicted octanol–water partition coefficient (Wildman–Crippen LogP) is 10.8. The quantitative estimate of drug-likeness (QED) is 0.0203. The minimum absolute atomic E-state index is 0.123. The van der Waals surface area contributed by atoms with Crippen molar-refractivity contribution < 1.29 is 47.8 Å². The molecular formula is C44H76NO10P. The molecule has 0 aliphatic rings. The molecule has 4 N–H and O–H groups in total. The molecule has 0 bridgehead atoms. The summed E-state index contributed by atoms with van der Waals surface area (Å²) in [4.78, 5) is 45.9. The third-order valence-corrected chi connectivity index (χ3v) is 9.74. The Morgan fingerprint density at radius 3 is 1.55 bits per heavy atom. The number of nitrogens with one attached hydrogen (secondary N) is 1. The number of phosphoric ester groups is 1. The molecule has 0 radical (unpaired) electrons. The highest BCUT2D eigenvalue weighted by Gasteiger charge is 2.28. The number of carboxylic acids is 1. The molecule has 0 aromatic carbocycles. The van der Waals surface area contributed by atoms with Crippen LogP contribution in [0.2, 0.25) is 0 Å². The zero-order valence-electron chi connectivity index (χ0n) is 34.7. The maximum absolute atomic E-state index is 12.3. The largest absolute Gasteiger partial charge is 0.480 e. The number of hydrogen-bond donors (Lipinski definition) is 4. The smallest absolute Gasteiger partial charge is 0.472 e. The van der Waals surface area contributed by atoms with Crippen molar-refractivity contribution in [2.75, 3.05) is 19.8 Å². The van der Waals surface area contributed by atoms with E-state index >= 15 is 0 Å². The first-order chi connectivity index (χ1) is 27.1. The molecule has 322 valence electrons. The zero-order chi connectivity index (χ0) is 41.4. The van der Waals surface area contributed by atoms with Gasteiger partial charge in [-0.05, 0) is 77.0 Å². The van der Waals surface area contributed by atoms with Crippen LogP contribution in [-0.2, 0) is 32.7 Å². The molecule has 12 heteroatoms. The van der Waals surface area contributed by atoms with Gasteiger partial charge in [0, 0.05) is 12.8 Å². The summed E-state index contributed by atoms with van der Waals surface area (Å²) in [5.41, 5.74) is 0. The highest BCUT2D eigenvalue weighted by atomic mass is 31.2. The normalized spacial score (nSPS) is 14.4. The van der Waals surface area contributed by atoms with E-state index in [0.29, 0.717) is 12.8 Å².